The van der Waals surface area contributed by atoms with Crippen molar-refractivity contribution in [3.05, 3.63) is 101 Å². The van der Waals surface area contributed by atoms with Crippen molar-refractivity contribution >= 4 is 11.9 Å². The van der Waals surface area contributed by atoms with E-state index in [1.807, 2.05) is 42.5 Å². The molecule has 0 bridgehead atoms. The predicted octanol–water partition coefficient (Wildman–Crippen LogP) is 3.74. The first-order valence-electron chi connectivity index (χ1n) is 10.2. The second kappa shape index (κ2) is 11.7. The maximum absolute atomic E-state index is 12.7. The zero-order valence-corrected chi connectivity index (χ0v) is 17.7. The lowest BCUT2D eigenvalue weighted by molar-refractivity contribution is -0.147. The SMILES string of the molecule is N#Cc1ccc(C(=O)N[C@H](CCOc2cccc(C#N)c2)C(=O)OCc2ccccc2)cc1. The molecule has 1 N–H and O–H groups in total. The molecule has 7 nitrogen and oxygen atoms in total. The average molecular weight is 439 g/mol. The van der Waals surface area contributed by atoms with Gasteiger partial charge in [-0.1, -0.05) is 36.4 Å². The smallest absolute Gasteiger partial charge is 0.329 e. The molecule has 0 spiro atoms. The van der Waals surface area contributed by atoms with Gasteiger partial charge in [-0.3, -0.25) is 4.79 Å². The predicted molar refractivity (Wildman–Crippen MR) is 120 cm³/mol. The number of carbonyl (C=O) groups is 2. The van der Waals surface area contributed by atoms with Crippen molar-refractivity contribution in [3.63, 3.8) is 0 Å². The Bertz CT molecular complexity index is 1180. The monoisotopic (exact) mass is 439 g/mol. The van der Waals surface area contributed by atoms with E-state index in [0.29, 0.717) is 22.4 Å². The molecular formula is C26H21N3O4. The summed E-state index contributed by atoms with van der Waals surface area (Å²) in [5, 5.41) is 20.6. The minimum absolute atomic E-state index is 0.0774. The molecule has 0 aliphatic heterocycles. The molecule has 33 heavy (non-hydrogen) atoms. The Morgan fingerprint density at radius 1 is 0.879 bits per heavy atom. The van der Waals surface area contributed by atoms with Gasteiger partial charge < -0.3 is 14.8 Å². The number of amides is 1. The minimum Gasteiger partial charge on any atom is -0.493 e. The summed E-state index contributed by atoms with van der Waals surface area (Å²) in [6, 6.07) is 25.1. The number of nitrogens with zero attached hydrogens (tertiary/aromatic N) is 2. The molecule has 1 amide bonds. The summed E-state index contributed by atoms with van der Waals surface area (Å²) in [5.41, 5.74) is 2.03. The minimum atomic E-state index is -0.948. The van der Waals surface area contributed by atoms with Crippen molar-refractivity contribution in [2.45, 2.75) is 19.1 Å². The molecule has 0 aromatic heterocycles. The molecule has 0 saturated heterocycles. The summed E-state index contributed by atoms with van der Waals surface area (Å²) in [7, 11) is 0. The average Bonchev–Trinajstić information content (AvgIpc) is 2.87. The normalized spacial score (nSPS) is 10.8. The molecule has 0 heterocycles. The number of rotatable bonds is 9. The van der Waals surface area contributed by atoms with Crippen molar-refractivity contribution in [3.8, 4) is 17.9 Å². The second-order valence-electron chi connectivity index (χ2n) is 7.09. The fourth-order valence-corrected chi connectivity index (χ4v) is 2.97. The summed E-state index contributed by atoms with van der Waals surface area (Å²) in [4.78, 5) is 25.4. The topological polar surface area (TPSA) is 112 Å². The first-order valence-corrected chi connectivity index (χ1v) is 10.2. The molecule has 3 aromatic carbocycles. The van der Waals surface area contributed by atoms with Gasteiger partial charge in [-0.15, -0.1) is 0 Å². The third-order valence-corrected chi connectivity index (χ3v) is 4.73. The van der Waals surface area contributed by atoms with E-state index in [0.717, 1.165) is 5.56 Å². The largest absolute Gasteiger partial charge is 0.493 e. The van der Waals surface area contributed by atoms with Gasteiger partial charge in [0.1, 0.15) is 18.4 Å². The van der Waals surface area contributed by atoms with Crippen molar-refractivity contribution in [1.29, 1.82) is 10.5 Å². The molecule has 0 fully saturated rings. The highest BCUT2D eigenvalue weighted by Crippen LogP contribution is 2.14. The molecule has 0 saturated carbocycles. The zero-order chi connectivity index (χ0) is 23.5. The van der Waals surface area contributed by atoms with Crippen molar-refractivity contribution < 1.29 is 19.1 Å². The summed E-state index contributed by atoms with van der Waals surface area (Å²) >= 11 is 0. The van der Waals surface area contributed by atoms with Crippen molar-refractivity contribution in [1.82, 2.24) is 5.32 Å². The fraction of sp³-hybridized carbons (Fsp3) is 0.154. The molecule has 3 aromatic rings. The molecular weight excluding hydrogens is 418 g/mol. The zero-order valence-electron chi connectivity index (χ0n) is 17.7. The lowest BCUT2D eigenvalue weighted by Crippen LogP contribution is -2.42. The third-order valence-electron chi connectivity index (χ3n) is 4.73. The van der Waals surface area contributed by atoms with Gasteiger partial charge in [0.2, 0.25) is 0 Å². The molecule has 0 unspecified atom stereocenters. The number of hydrogen-bond acceptors (Lipinski definition) is 6. The number of nitrogens with one attached hydrogen (secondary N) is 1. The van der Waals surface area contributed by atoms with E-state index in [1.165, 1.54) is 24.3 Å². The summed E-state index contributed by atoms with van der Waals surface area (Å²) in [5.74, 6) is -0.563. The van der Waals surface area contributed by atoms with Crippen LogP contribution in [0, 0.1) is 22.7 Å². The van der Waals surface area contributed by atoms with Crippen molar-refractivity contribution in [2.24, 2.45) is 0 Å². The van der Waals surface area contributed by atoms with E-state index in [2.05, 4.69) is 5.32 Å². The standard InChI is InChI=1S/C26H21N3O4/c27-16-19-9-11-22(12-10-19)25(30)29-24(26(31)33-18-20-5-2-1-3-6-20)13-14-32-23-8-4-7-21(15-23)17-28/h1-12,15,24H,13-14,18H2,(H,29,30)/t24-/m1/s1. The van der Waals surface area contributed by atoms with Crippen LogP contribution < -0.4 is 10.1 Å². The van der Waals surface area contributed by atoms with Gasteiger partial charge in [0, 0.05) is 12.0 Å². The Hall–Kier alpha value is -4.62. The lowest BCUT2D eigenvalue weighted by Gasteiger charge is -2.18. The van der Waals surface area contributed by atoms with Crippen LogP contribution in [0.2, 0.25) is 0 Å². The van der Waals surface area contributed by atoms with E-state index in [9.17, 15) is 9.59 Å². The van der Waals surface area contributed by atoms with Gasteiger partial charge in [-0.05, 0) is 48.0 Å². The first-order chi connectivity index (χ1) is 16.1. The van der Waals surface area contributed by atoms with Gasteiger partial charge >= 0.3 is 5.97 Å². The van der Waals surface area contributed by atoms with Crippen LogP contribution in [-0.4, -0.2) is 24.5 Å². The maximum atomic E-state index is 12.7. The van der Waals surface area contributed by atoms with Gasteiger partial charge in [-0.2, -0.15) is 10.5 Å². The maximum Gasteiger partial charge on any atom is 0.329 e. The molecule has 3 rings (SSSR count). The Morgan fingerprint density at radius 2 is 1.61 bits per heavy atom. The van der Waals surface area contributed by atoms with Crippen LogP contribution in [0.15, 0.2) is 78.9 Å². The van der Waals surface area contributed by atoms with Crippen LogP contribution in [0.3, 0.4) is 0 Å². The molecule has 7 heteroatoms. The molecule has 164 valence electrons. The lowest BCUT2D eigenvalue weighted by atomic mass is 10.1. The Labute approximate surface area is 191 Å². The van der Waals surface area contributed by atoms with E-state index >= 15 is 0 Å². The second-order valence-corrected chi connectivity index (χ2v) is 7.09. The Morgan fingerprint density at radius 3 is 2.30 bits per heavy atom. The van der Waals surface area contributed by atoms with Crippen LogP contribution >= 0.6 is 0 Å². The van der Waals surface area contributed by atoms with Crippen LogP contribution in [0.5, 0.6) is 5.75 Å². The number of ether oxygens (including phenoxy) is 2. The number of benzene rings is 3. The van der Waals surface area contributed by atoms with E-state index in [1.54, 1.807) is 24.3 Å². The Balaban J connectivity index is 1.65. The highest BCUT2D eigenvalue weighted by Gasteiger charge is 2.23. The highest BCUT2D eigenvalue weighted by atomic mass is 16.5. The van der Waals surface area contributed by atoms with E-state index in [4.69, 9.17) is 20.0 Å². The van der Waals surface area contributed by atoms with Gasteiger partial charge in [0.05, 0.1) is 29.9 Å². The van der Waals surface area contributed by atoms with E-state index in [-0.39, 0.29) is 19.6 Å². The van der Waals surface area contributed by atoms with Gasteiger partial charge in [-0.25, -0.2) is 4.79 Å². The molecule has 0 aliphatic carbocycles. The van der Waals surface area contributed by atoms with Gasteiger partial charge in [0.25, 0.3) is 5.91 Å². The quantitative estimate of drug-likeness (QED) is 0.508. The molecule has 1 atom stereocenters. The Kier molecular flexibility index (Phi) is 8.16. The van der Waals surface area contributed by atoms with Crippen LogP contribution in [0.1, 0.15) is 33.5 Å². The number of carbonyl (C=O) groups excluding carboxylic acids is 2. The number of esters is 1. The van der Waals surface area contributed by atoms with Crippen LogP contribution in [0.4, 0.5) is 0 Å². The van der Waals surface area contributed by atoms with Gasteiger partial charge in [0.15, 0.2) is 0 Å². The first kappa shape index (κ1) is 23.1. The summed E-state index contributed by atoms with van der Waals surface area (Å²) in [6.07, 6.45) is 0.159. The molecule has 0 radical (unpaired) electrons. The fourth-order valence-electron chi connectivity index (χ4n) is 2.97. The molecule has 0 aliphatic rings. The van der Waals surface area contributed by atoms with Crippen LogP contribution in [0.25, 0.3) is 0 Å². The van der Waals surface area contributed by atoms with Crippen LogP contribution in [-0.2, 0) is 16.1 Å². The summed E-state index contributed by atoms with van der Waals surface area (Å²) in [6.45, 7) is 0.196. The highest BCUT2D eigenvalue weighted by molar-refractivity contribution is 5.96. The third kappa shape index (κ3) is 6.95. The van der Waals surface area contributed by atoms with E-state index < -0.39 is 17.9 Å². The number of hydrogen-bond donors (Lipinski definition) is 1. The van der Waals surface area contributed by atoms with Crippen molar-refractivity contribution in [2.75, 3.05) is 6.61 Å². The summed E-state index contributed by atoms with van der Waals surface area (Å²) < 4.78 is 11.1. The number of nitriles is 2.